The van der Waals surface area contributed by atoms with Crippen LogP contribution in [0.4, 0.5) is 0 Å². The second kappa shape index (κ2) is 5.22. The topological polar surface area (TPSA) is 0 Å². The summed E-state index contributed by atoms with van der Waals surface area (Å²) in [5.41, 5.74) is 2.28. The molecule has 0 radical (unpaired) electrons. The number of hydrogen-bond donors (Lipinski definition) is 0. The molecule has 0 atom stereocenters. The van der Waals surface area contributed by atoms with E-state index in [0.29, 0.717) is 0 Å². The zero-order valence-electron chi connectivity index (χ0n) is 9.59. The van der Waals surface area contributed by atoms with Crippen molar-refractivity contribution in [3.8, 4) is 11.8 Å². The fourth-order valence-corrected chi connectivity index (χ4v) is 1.35. The molecule has 0 fully saturated rings. The molecule has 76 valence electrons. The smallest absolute Gasteiger partial charge is 0.0208 e. The van der Waals surface area contributed by atoms with Crippen molar-refractivity contribution in [1.29, 1.82) is 0 Å². The predicted octanol–water partition coefficient (Wildman–Crippen LogP) is 2.16. The van der Waals surface area contributed by atoms with Crippen LogP contribution in [0, 0.1) is 18.8 Å². The van der Waals surface area contributed by atoms with Gasteiger partial charge in [-0.2, -0.15) is 0 Å². The van der Waals surface area contributed by atoms with Gasteiger partial charge in [0.2, 0.25) is 0 Å². The maximum absolute atomic E-state index is 4.00. The quantitative estimate of drug-likeness (QED) is 0.604. The van der Waals surface area contributed by atoms with Gasteiger partial charge in [-0.15, -0.1) is 5.92 Å². The normalized spacial score (nSPS) is 12.2. The van der Waals surface area contributed by atoms with Crippen LogP contribution >= 0.6 is 0 Å². The molecule has 1 rings (SSSR count). The Balaban J connectivity index is 3.36. The summed E-state index contributed by atoms with van der Waals surface area (Å²) in [5, 5.41) is 2.18. The van der Waals surface area contributed by atoms with Crippen molar-refractivity contribution in [2.24, 2.45) is 0 Å². The van der Waals surface area contributed by atoms with Gasteiger partial charge in [-0.25, -0.2) is 0 Å². The molecule has 0 unspecified atom stereocenters. The van der Waals surface area contributed by atoms with Crippen molar-refractivity contribution < 1.29 is 0 Å². The number of benzene rings is 1. The van der Waals surface area contributed by atoms with Crippen LogP contribution in [-0.4, -0.2) is 0 Å². The van der Waals surface area contributed by atoms with Gasteiger partial charge in [-0.3, -0.25) is 0 Å². The molecule has 0 spiro atoms. The predicted molar refractivity (Wildman–Crippen MR) is 67.6 cm³/mol. The first-order chi connectivity index (χ1) is 7.17. The van der Waals surface area contributed by atoms with Gasteiger partial charge in [0.05, 0.1) is 0 Å². The van der Waals surface area contributed by atoms with Gasteiger partial charge in [-0.1, -0.05) is 42.3 Å². The zero-order chi connectivity index (χ0) is 11.3. The summed E-state index contributed by atoms with van der Waals surface area (Å²) in [6.07, 6.45) is 4.09. The van der Waals surface area contributed by atoms with Gasteiger partial charge in [0.25, 0.3) is 0 Å². The highest BCUT2D eigenvalue weighted by Gasteiger charge is 1.88. The van der Waals surface area contributed by atoms with Crippen LogP contribution in [0.15, 0.2) is 29.8 Å². The van der Waals surface area contributed by atoms with E-state index in [1.165, 1.54) is 5.56 Å². The third kappa shape index (κ3) is 3.14. The molecular formula is C15H16. The highest BCUT2D eigenvalue weighted by molar-refractivity contribution is 5.57. The zero-order valence-corrected chi connectivity index (χ0v) is 9.59. The highest BCUT2D eigenvalue weighted by Crippen LogP contribution is 1.93. The summed E-state index contributed by atoms with van der Waals surface area (Å²) in [4.78, 5) is 0. The van der Waals surface area contributed by atoms with Crippen LogP contribution in [0.5, 0.6) is 0 Å². The number of allylic oxidation sites excluding steroid dienone is 2. The first-order valence-electron chi connectivity index (χ1n) is 5.03. The molecule has 0 nitrogen and oxygen atoms in total. The Hall–Kier alpha value is -1.74. The third-order valence-electron chi connectivity index (χ3n) is 2.19. The number of hydrogen-bond acceptors (Lipinski definition) is 0. The van der Waals surface area contributed by atoms with Crippen LogP contribution in [-0.2, 0) is 0 Å². The molecule has 1 aromatic carbocycles. The molecule has 0 saturated heterocycles. The van der Waals surface area contributed by atoms with Gasteiger partial charge in [0.1, 0.15) is 0 Å². The van der Waals surface area contributed by atoms with Crippen LogP contribution in [0.25, 0.3) is 12.7 Å². The maximum atomic E-state index is 4.00. The van der Waals surface area contributed by atoms with Gasteiger partial charge in [0.15, 0.2) is 0 Å². The first kappa shape index (κ1) is 11.3. The lowest BCUT2D eigenvalue weighted by Crippen LogP contribution is -2.22. The molecule has 0 aliphatic heterocycles. The monoisotopic (exact) mass is 196 g/mol. The second-order valence-corrected chi connectivity index (χ2v) is 3.47. The van der Waals surface area contributed by atoms with Crippen LogP contribution in [0.1, 0.15) is 19.4 Å². The number of rotatable bonds is 1. The van der Waals surface area contributed by atoms with Crippen LogP contribution < -0.4 is 10.4 Å². The summed E-state index contributed by atoms with van der Waals surface area (Å²) < 4.78 is 0. The summed E-state index contributed by atoms with van der Waals surface area (Å²) in [7, 11) is 0. The minimum absolute atomic E-state index is 1.04. The standard InChI is InChI=1S/C15H16/c1-5-7-14(6-2)11-15-10-12(3)8-9-13(15)4/h6,8-11H,4H2,1-3H3/b14-6-,15-11-. The van der Waals surface area contributed by atoms with E-state index in [9.17, 15) is 0 Å². The fourth-order valence-electron chi connectivity index (χ4n) is 1.35. The van der Waals surface area contributed by atoms with E-state index in [1.807, 2.05) is 26.0 Å². The lowest BCUT2D eigenvalue weighted by molar-refractivity contribution is 1.40. The average molecular weight is 196 g/mol. The van der Waals surface area contributed by atoms with Gasteiger partial charge >= 0.3 is 0 Å². The molecular weight excluding hydrogens is 180 g/mol. The summed E-state index contributed by atoms with van der Waals surface area (Å²) in [5.74, 6) is 5.96. The van der Waals surface area contributed by atoms with E-state index in [2.05, 4.69) is 43.6 Å². The van der Waals surface area contributed by atoms with E-state index in [0.717, 1.165) is 16.0 Å². The SMILES string of the molecule is C=c1ccc(C)c/c1=C/C(C#CC)=C\C. The summed E-state index contributed by atoms with van der Waals surface area (Å²) in [6.45, 7) is 9.92. The molecule has 0 N–H and O–H groups in total. The van der Waals surface area contributed by atoms with Crippen LogP contribution in [0.2, 0.25) is 0 Å². The molecule has 0 aliphatic rings. The van der Waals surface area contributed by atoms with Gasteiger partial charge in [0, 0.05) is 5.57 Å². The number of aryl methyl sites for hydroxylation is 1. The second-order valence-electron chi connectivity index (χ2n) is 3.47. The summed E-state index contributed by atoms with van der Waals surface area (Å²) >= 11 is 0. The van der Waals surface area contributed by atoms with E-state index in [4.69, 9.17) is 0 Å². The van der Waals surface area contributed by atoms with E-state index < -0.39 is 0 Å². The maximum Gasteiger partial charge on any atom is 0.0208 e. The third-order valence-corrected chi connectivity index (χ3v) is 2.19. The highest BCUT2D eigenvalue weighted by atomic mass is 13.9. The van der Waals surface area contributed by atoms with Crippen molar-refractivity contribution in [3.05, 3.63) is 45.8 Å². The van der Waals surface area contributed by atoms with Crippen molar-refractivity contribution in [3.63, 3.8) is 0 Å². The summed E-state index contributed by atoms with van der Waals surface area (Å²) in [6, 6.07) is 6.23. The minimum Gasteiger partial charge on any atom is -0.101 e. The van der Waals surface area contributed by atoms with E-state index in [-0.39, 0.29) is 0 Å². The molecule has 0 aliphatic carbocycles. The van der Waals surface area contributed by atoms with E-state index >= 15 is 0 Å². The molecule has 0 saturated carbocycles. The molecule has 0 bridgehead atoms. The lowest BCUT2D eigenvalue weighted by atomic mass is 10.1. The Labute approximate surface area is 91.6 Å². The van der Waals surface area contributed by atoms with E-state index in [1.54, 1.807) is 0 Å². The molecule has 15 heavy (non-hydrogen) atoms. The molecule has 1 aromatic rings. The van der Waals surface area contributed by atoms with Crippen molar-refractivity contribution in [2.75, 3.05) is 0 Å². The van der Waals surface area contributed by atoms with Gasteiger partial charge < -0.3 is 0 Å². The molecule has 0 heteroatoms. The van der Waals surface area contributed by atoms with Gasteiger partial charge in [-0.05, 0) is 37.3 Å². The Morgan fingerprint density at radius 1 is 1.40 bits per heavy atom. The Bertz CT molecular complexity index is 534. The Morgan fingerprint density at radius 3 is 2.73 bits per heavy atom. The average Bonchev–Trinajstić information content (AvgIpc) is 2.22. The Morgan fingerprint density at radius 2 is 2.13 bits per heavy atom. The van der Waals surface area contributed by atoms with Crippen LogP contribution in [0.3, 0.4) is 0 Å². The van der Waals surface area contributed by atoms with Crippen molar-refractivity contribution >= 4 is 12.7 Å². The van der Waals surface area contributed by atoms with Crippen molar-refractivity contribution in [2.45, 2.75) is 20.8 Å². The largest absolute Gasteiger partial charge is 0.101 e. The minimum atomic E-state index is 1.04. The van der Waals surface area contributed by atoms with Crippen molar-refractivity contribution in [1.82, 2.24) is 0 Å². The Kier molecular flexibility index (Phi) is 3.94. The fraction of sp³-hybridized carbons (Fsp3) is 0.200. The molecule has 0 aromatic heterocycles. The first-order valence-corrected chi connectivity index (χ1v) is 5.03. The molecule has 0 heterocycles. The molecule has 0 amide bonds. The lowest BCUT2D eigenvalue weighted by Gasteiger charge is -1.94.